The smallest absolute Gasteiger partial charge is 0.268 e. The van der Waals surface area contributed by atoms with Gasteiger partial charge in [0.1, 0.15) is 17.3 Å². The highest BCUT2D eigenvalue weighted by atomic mass is 19.1. The highest BCUT2D eigenvalue weighted by Gasteiger charge is 2.26. The SMILES string of the molecule is COc1ccc2cc(C(=O)NC3CCCc4c3[nH]c3ccc(F)cc43)[nH]c2c1. The molecule has 2 heterocycles. The number of amides is 1. The van der Waals surface area contributed by atoms with Crippen LogP contribution in [-0.4, -0.2) is 23.0 Å². The van der Waals surface area contributed by atoms with Crippen LogP contribution in [0.4, 0.5) is 4.39 Å². The molecule has 142 valence electrons. The molecule has 1 aliphatic carbocycles. The van der Waals surface area contributed by atoms with Crippen molar-refractivity contribution >= 4 is 27.7 Å². The summed E-state index contributed by atoms with van der Waals surface area (Å²) in [7, 11) is 1.62. The number of ether oxygens (including phenoxy) is 1. The molecule has 1 aliphatic rings. The first-order valence-electron chi connectivity index (χ1n) is 9.40. The van der Waals surface area contributed by atoms with E-state index in [0.717, 1.165) is 58.1 Å². The normalized spacial score (nSPS) is 16.3. The number of hydrogen-bond acceptors (Lipinski definition) is 2. The van der Waals surface area contributed by atoms with Crippen LogP contribution < -0.4 is 10.1 Å². The Hall–Kier alpha value is -3.28. The fourth-order valence-electron chi connectivity index (χ4n) is 4.17. The standard InChI is InChI=1S/C22H20FN3O2/c1-28-14-7-5-12-9-20(24-19(12)11-14)22(27)26-18-4-2-3-15-16-10-13(23)6-8-17(16)25-21(15)18/h5-11,18,24-25H,2-4H2,1H3,(H,26,27). The van der Waals surface area contributed by atoms with Crippen LogP contribution >= 0.6 is 0 Å². The molecular weight excluding hydrogens is 357 g/mol. The van der Waals surface area contributed by atoms with Crippen molar-refractivity contribution in [1.82, 2.24) is 15.3 Å². The number of nitrogens with one attached hydrogen (secondary N) is 3. The van der Waals surface area contributed by atoms with E-state index in [4.69, 9.17) is 4.74 Å². The molecule has 0 aliphatic heterocycles. The monoisotopic (exact) mass is 377 g/mol. The summed E-state index contributed by atoms with van der Waals surface area (Å²) in [5.41, 5.74) is 4.36. The lowest BCUT2D eigenvalue weighted by atomic mass is 9.91. The predicted molar refractivity (Wildman–Crippen MR) is 106 cm³/mol. The minimum absolute atomic E-state index is 0.118. The van der Waals surface area contributed by atoms with Gasteiger partial charge in [-0.15, -0.1) is 0 Å². The Bertz CT molecular complexity index is 1210. The largest absolute Gasteiger partial charge is 0.497 e. The van der Waals surface area contributed by atoms with E-state index in [1.807, 2.05) is 24.3 Å². The van der Waals surface area contributed by atoms with E-state index in [1.54, 1.807) is 19.2 Å². The van der Waals surface area contributed by atoms with Gasteiger partial charge < -0.3 is 20.0 Å². The van der Waals surface area contributed by atoms with Crippen molar-refractivity contribution in [2.45, 2.75) is 25.3 Å². The molecule has 0 fully saturated rings. The highest BCUT2D eigenvalue weighted by Crippen LogP contribution is 2.35. The Morgan fingerprint density at radius 3 is 2.89 bits per heavy atom. The lowest BCUT2D eigenvalue weighted by Gasteiger charge is -2.23. The zero-order chi connectivity index (χ0) is 19.3. The number of hydrogen-bond donors (Lipinski definition) is 3. The number of halogens is 1. The summed E-state index contributed by atoms with van der Waals surface area (Å²) in [5.74, 6) is 0.343. The quantitative estimate of drug-likeness (QED) is 0.488. The van der Waals surface area contributed by atoms with Crippen LogP contribution in [0.1, 0.15) is 40.6 Å². The third-order valence-electron chi connectivity index (χ3n) is 5.55. The molecule has 0 saturated heterocycles. The molecule has 1 atom stereocenters. The maximum Gasteiger partial charge on any atom is 0.268 e. The summed E-state index contributed by atoms with van der Waals surface area (Å²) < 4.78 is 18.9. The van der Waals surface area contributed by atoms with Gasteiger partial charge in [0, 0.05) is 33.6 Å². The van der Waals surface area contributed by atoms with Gasteiger partial charge in [0.15, 0.2) is 0 Å². The average molecular weight is 377 g/mol. The fourth-order valence-corrected chi connectivity index (χ4v) is 4.17. The molecule has 2 aromatic heterocycles. The minimum Gasteiger partial charge on any atom is -0.497 e. The van der Waals surface area contributed by atoms with Crippen molar-refractivity contribution in [3.05, 3.63) is 65.2 Å². The van der Waals surface area contributed by atoms with E-state index in [9.17, 15) is 9.18 Å². The number of aromatic amines is 2. The van der Waals surface area contributed by atoms with E-state index < -0.39 is 0 Å². The minimum atomic E-state index is -0.242. The van der Waals surface area contributed by atoms with Crippen LogP contribution in [-0.2, 0) is 6.42 Å². The van der Waals surface area contributed by atoms with E-state index >= 15 is 0 Å². The van der Waals surface area contributed by atoms with Crippen LogP contribution in [0.3, 0.4) is 0 Å². The number of carbonyl (C=O) groups is 1. The van der Waals surface area contributed by atoms with Gasteiger partial charge in [-0.1, -0.05) is 0 Å². The van der Waals surface area contributed by atoms with E-state index in [1.165, 1.54) is 6.07 Å². The first-order valence-corrected chi connectivity index (χ1v) is 9.40. The molecule has 1 unspecified atom stereocenters. The second kappa shape index (κ2) is 6.41. The highest BCUT2D eigenvalue weighted by molar-refractivity contribution is 5.98. The van der Waals surface area contributed by atoms with Crippen molar-refractivity contribution in [2.24, 2.45) is 0 Å². The Balaban J connectivity index is 1.45. The summed E-state index contributed by atoms with van der Waals surface area (Å²) >= 11 is 0. The molecule has 28 heavy (non-hydrogen) atoms. The van der Waals surface area contributed by atoms with Crippen molar-refractivity contribution < 1.29 is 13.9 Å². The lowest BCUT2D eigenvalue weighted by Crippen LogP contribution is -2.31. The molecule has 2 aromatic carbocycles. The van der Waals surface area contributed by atoms with Gasteiger partial charge in [0.05, 0.1) is 13.2 Å². The van der Waals surface area contributed by atoms with Crippen LogP contribution in [0.15, 0.2) is 42.5 Å². The summed E-state index contributed by atoms with van der Waals surface area (Å²) in [6.45, 7) is 0. The maximum absolute atomic E-state index is 13.7. The number of aryl methyl sites for hydroxylation is 1. The molecule has 0 spiro atoms. The third kappa shape index (κ3) is 2.72. The van der Waals surface area contributed by atoms with Gasteiger partial charge in [-0.3, -0.25) is 4.79 Å². The molecule has 1 amide bonds. The number of methoxy groups -OCH3 is 1. The first-order chi connectivity index (χ1) is 13.6. The van der Waals surface area contributed by atoms with Crippen LogP contribution in [0.2, 0.25) is 0 Å². The van der Waals surface area contributed by atoms with Crippen molar-refractivity contribution in [1.29, 1.82) is 0 Å². The lowest BCUT2D eigenvalue weighted by molar-refractivity contribution is 0.0927. The van der Waals surface area contributed by atoms with Gasteiger partial charge in [0.2, 0.25) is 0 Å². The van der Waals surface area contributed by atoms with Crippen LogP contribution in [0.5, 0.6) is 5.75 Å². The fraction of sp³-hybridized carbons (Fsp3) is 0.227. The molecular formula is C22H20FN3O2. The second-order valence-electron chi connectivity index (χ2n) is 7.26. The number of fused-ring (bicyclic) bond motifs is 4. The Morgan fingerprint density at radius 1 is 1.14 bits per heavy atom. The molecule has 5 nitrogen and oxygen atoms in total. The predicted octanol–water partition coefficient (Wildman–Crippen LogP) is 4.60. The van der Waals surface area contributed by atoms with Gasteiger partial charge in [-0.05, 0) is 61.2 Å². The zero-order valence-electron chi connectivity index (χ0n) is 15.4. The molecule has 5 rings (SSSR count). The van der Waals surface area contributed by atoms with Crippen molar-refractivity contribution in [3.8, 4) is 5.75 Å². The van der Waals surface area contributed by atoms with Crippen molar-refractivity contribution in [2.75, 3.05) is 7.11 Å². The van der Waals surface area contributed by atoms with Crippen molar-refractivity contribution in [3.63, 3.8) is 0 Å². The van der Waals surface area contributed by atoms with Crippen LogP contribution in [0.25, 0.3) is 21.8 Å². The van der Waals surface area contributed by atoms with Crippen LogP contribution in [0, 0.1) is 5.82 Å². The maximum atomic E-state index is 13.7. The Kier molecular flexibility index (Phi) is 3.86. The van der Waals surface area contributed by atoms with E-state index in [-0.39, 0.29) is 17.8 Å². The summed E-state index contributed by atoms with van der Waals surface area (Å²) in [6, 6.07) is 12.2. The summed E-state index contributed by atoms with van der Waals surface area (Å²) in [4.78, 5) is 19.4. The molecule has 6 heteroatoms. The molecule has 4 aromatic rings. The number of rotatable bonds is 3. The van der Waals surface area contributed by atoms with E-state index in [2.05, 4.69) is 15.3 Å². The number of benzene rings is 2. The van der Waals surface area contributed by atoms with Gasteiger partial charge in [-0.2, -0.15) is 0 Å². The topological polar surface area (TPSA) is 69.9 Å². The Morgan fingerprint density at radius 2 is 2.04 bits per heavy atom. The summed E-state index contributed by atoms with van der Waals surface area (Å²) in [6.07, 6.45) is 2.69. The molecule has 3 N–H and O–H groups in total. The van der Waals surface area contributed by atoms with Gasteiger partial charge in [-0.25, -0.2) is 4.39 Å². The number of aromatic nitrogens is 2. The Labute approximate surface area is 160 Å². The molecule has 0 radical (unpaired) electrons. The van der Waals surface area contributed by atoms with Gasteiger partial charge in [0.25, 0.3) is 5.91 Å². The van der Waals surface area contributed by atoms with E-state index in [0.29, 0.717) is 5.69 Å². The summed E-state index contributed by atoms with van der Waals surface area (Å²) in [5, 5.41) is 4.99. The third-order valence-corrected chi connectivity index (χ3v) is 5.55. The molecule has 0 saturated carbocycles. The molecule has 0 bridgehead atoms. The zero-order valence-corrected chi connectivity index (χ0v) is 15.4. The second-order valence-corrected chi connectivity index (χ2v) is 7.26. The number of carbonyl (C=O) groups excluding carboxylic acids is 1. The first kappa shape index (κ1) is 16.9. The van der Waals surface area contributed by atoms with Gasteiger partial charge >= 0.3 is 0 Å². The number of H-pyrrole nitrogens is 2. The average Bonchev–Trinajstić information content (AvgIpc) is 3.29.